The number of hydrogen-bond donors (Lipinski definition) is 2. The fourth-order valence-electron chi connectivity index (χ4n) is 3.16. The van der Waals surface area contributed by atoms with Gasteiger partial charge in [-0.05, 0) is 44.0 Å². The molecule has 2 heterocycles. The highest BCUT2D eigenvalue weighted by molar-refractivity contribution is 5.97. The number of benzene rings is 1. The van der Waals surface area contributed by atoms with Crippen molar-refractivity contribution in [1.82, 2.24) is 15.2 Å². The van der Waals surface area contributed by atoms with Crippen molar-refractivity contribution >= 4 is 16.8 Å². The lowest BCUT2D eigenvalue weighted by atomic mass is 9.97. The summed E-state index contributed by atoms with van der Waals surface area (Å²) >= 11 is 0. The maximum Gasteiger partial charge on any atom is 0.267 e. The maximum absolute atomic E-state index is 12.3. The summed E-state index contributed by atoms with van der Waals surface area (Å²) in [7, 11) is 1.74. The molecule has 124 valence electrons. The number of aromatic amines is 1. The largest absolute Gasteiger partial charge is 0.383 e. The van der Waals surface area contributed by atoms with Crippen molar-refractivity contribution < 1.29 is 9.53 Å². The van der Waals surface area contributed by atoms with Crippen LogP contribution >= 0.6 is 0 Å². The predicted octanol–water partition coefficient (Wildman–Crippen LogP) is 2.26. The van der Waals surface area contributed by atoms with E-state index < -0.39 is 0 Å². The first-order valence-electron chi connectivity index (χ1n) is 8.33. The number of rotatable bonds is 6. The van der Waals surface area contributed by atoms with Gasteiger partial charge in [-0.3, -0.25) is 4.79 Å². The Labute approximate surface area is 137 Å². The fraction of sp³-hybridized carbons (Fsp3) is 0.500. The zero-order valence-corrected chi connectivity index (χ0v) is 13.7. The van der Waals surface area contributed by atoms with Gasteiger partial charge in [0.1, 0.15) is 5.69 Å². The molecule has 1 fully saturated rings. The molecule has 2 aromatic rings. The number of amides is 1. The lowest BCUT2D eigenvalue weighted by molar-refractivity contribution is 0.0922. The van der Waals surface area contributed by atoms with E-state index in [1.165, 1.54) is 0 Å². The molecule has 0 saturated carbocycles. The Morgan fingerprint density at radius 1 is 1.35 bits per heavy atom. The number of para-hydroxylation sites is 1. The number of fused-ring (bicyclic) bond motifs is 1. The van der Waals surface area contributed by atoms with Gasteiger partial charge in [0, 0.05) is 31.1 Å². The van der Waals surface area contributed by atoms with Crippen LogP contribution in [0, 0.1) is 5.92 Å². The third-order valence-electron chi connectivity index (χ3n) is 4.64. The van der Waals surface area contributed by atoms with Crippen molar-refractivity contribution in [2.75, 3.05) is 39.9 Å². The molecule has 0 aliphatic carbocycles. The third kappa shape index (κ3) is 4.12. The van der Waals surface area contributed by atoms with Crippen LogP contribution in [0.3, 0.4) is 0 Å². The number of hydrogen-bond acceptors (Lipinski definition) is 3. The summed E-state index contributed by atoms with van der Waals surface area (Å²) in [5, 5.41) is 4.15. The van der Waals surface area contributed by atoms with Crippen LogP contribution in [0.1, 0.15) is 23.3 Å². The lowest BCUT2D eigenvalue weighted by Gasteiger charge is -2.31. The van der Waals surface area contributed by atoms with E-state index in [4.69, 9.17) is 4.74 Å². The van der Waals surface area contributed by atoms with Crippen LogP contribution in [0.25, 0.3) is 10.9 Å². The van der Waals surface area contributed by atoms with Gasteiger partial charge in [0.2, 0.25) is 0 Å². The highest BCUT2D eigenvalue weighted by Gasteiger charge is 2.20. The van der Waals surface area contributed by atoms with Gasteiger partial charge in [-0.1, -0.05) is 18.2 Å². The van der Waals surface area contributed by atoms with Crippen LogP contribution in [-0.4, -0.2) is 55.7 Å². The van der Waals surface area contributed by atoms with Crippen molar-refractivity contribution in [2.45, 2.75) is 12.8 Å². The second kappa shape index (κ2) is 7.62. The van der Waals surface area contributed by atoms with E-state index in [1.54, 1.807) is 7.11 Å². The van der Waals surface area contributed by atoms with E-state index in [2.05, 4.69) is 15.2 Å². The highest BCUT2D eigenvalue weighted by atomic mass is 16.5. The molecule has 0 spiro atoms. The molecule has 1 aromatic carbocycles. The average Bonchev–Trinajstić information content (AvgIpc) is 3.03. The molecule has 0 atom stereocenters. The molecule has 1 amide bonds. The second-order valence-electron chi connectivity index (χ2n) is 6.26. The van der Waals surface area contributed by atoms with Gasteiger partial charge < -0.3 is 19.9 Å². The first-order chi connectivity index (χ1) is 11.3. The number of methoxy groups -OCH3 is 1. The Kier molecular flexibility index (Phi) is 5.31. The monoisotopic (exact) mass is 315 g/mol. The molecule has 0 unspecified atom stereocenters. The van der Waals surface area contributed by atoms with Crippen molar-refractivity contribution in [2.24, 2.45) is 5.92 Å². The van der Waals surface area contributed by atoms with Crippen molar-refractivity contribution in [3.05, 3.63) is 36.0 Å². The highest BCUT2D eigenvalue weighted by Crippen LogP contribution is 2.17. The zero-order valence-electron chi connectivity index (χ0n) is 13.7. The van der Waals surface area contributed by atoms with E-state index >= 15 is 0 Å². The van der Waals surface area contributed by atoms with Crippen LogP contribution in [-0.2, 0) is 4.74 Å². The van der Waals surface area contributed by atoms with E-state index in [9.17, 15) is 4.79 Å². The third-order valence-corrected chi connectivity index (χ3v) is 4.64. The number of carbonyl (C=O) groups excluding carboxylic acids is 1. The van der Waals surface area contributed by atoms with Gasteiger partial charge >= 0.3 is 0 Å². The van der Waals surface area contributed by atoms with E-state index in [-0.39, 0.29) is 5.91 Å². The first-order valence-corrected chi connectivity index (χ1v) is 8.33. The molecule has 5 heteroatoms. The van der Waals surface area contributed by atoms with Gasteiger partial charge in [0.15, 0.2) is 0 Å². The van der Waals surface area contributed by atoms with Crippen molar-refractivity contribution in [3.8, 4) is 0 Å². The van der Waals surface area contributed by atoms with Crippen molar-refractivity contribution in [3.63, 3.8) is 0 Å². The summed E-state index contributed by atoms with van der Waals surface area (Å²) in [5.74, 6) is 0.560. The number of likely N-dealkylation sites (tertiary alicyclic amines) is 1. The van der Waals surface area contributed by atoms with Crippen molar-refractivity contribution in [1.29, 1.82) is 0 Å². The molecule has 1 saturated heterocycles. The molecule has 5 nitrogen and oxygen atoms in total. The van der Waals surface area contributed by atoms with Gasteiger partial charge in [-0.15, -0.1) is 0 Å². The summed E-state index contributed by atoms with van der Waals surface area (Å²) in [6.07, 6.45) is 2.27. The molecule has 23 heavy (non-hydrogen) atoms. The second-order valence-corrected chi connectivity index (χ2v) is 6.26. The van der Waals surface area contributed by atoms with Gasteiger partial charge in [0.05, 0.1) is 6.61 Å². The van der Waals surface area contributed by atoms with Crippen LogP contribution in [0.15, 0.2) is 30.3 Å². The maximum atomic E-state index is 12.3. The molecule has 2 N–H and O–H groups in total. The predicted molar refractivity (Wildman–Crippen MR) is 91.7 cm³/mol. The number of ether oxygens (including phenoxy) is 1. The molecule has 1 aliphatic heterocycles. The smallest absolute Gasteiger partial charge is 0.267 e. The summed E-state index contributed by atoms with van der Waals surface area (Å²) in [6.45, 7) is 4.74. The minimum Gasteiger partial charge on any atom is -0.383 e. The fourth-order valence-corrected chi connectivity index (χ4v) is 3.16. The number of piperidine rings is 1. The minimum atomic E-state index is -0.0111. The van der Waals surface area contributed by atoms with Crippen LogP contribution in [0.4, 0.5) is 0 Å². The normalized spacial score (nSPS) is 16.7. The lowest BCUT2D eigenvalue weighted by Crippen LogP contribution is -2.39. The molecule has 0 radical (unpaired) electrons. The molecule has 1 aromatic heterocycles. The van der Waals surface area contributed by atoms with E-state index in [0.29, 0.717) is 11.6 Å². The Morgan fingerprint density at radius 2 is 2.13 bits per heavy atom. The topological polar surface area (TPSA) is 57.4 Å². The molecule has 0 bridgehead atoms. The first kappa shape index (κ1) is 16.0. The molecular weight excluding hydrogens is 290 g/mol. The van der Waals surface area contributed by atoms with Crippen LogP contribution in [0.5, 0.6) is 0 Å². The van der Waals surface area contributed by atoms with Crippen LogP contribution in [0.2, 0.25) is 0 Å². The molecule has 1 aliphatic rings. The zero-order chi connectivity index (χ0) is 16.1. The molecular formula is C18H25N3O2. The summed E-state index contributed by atoms with van der Waals surface area (Å²) in [5.41, 5.74) is 1.65. The Balaban J connectivity index is 1.46. The van der Waals surface area contributed by atoms with E-state index in [1.807, 2.05) is 30.3 Å². The Morgan fingerprint density at radius 3 is 2.87 bits per heavy atom. The minimum absolute atomic E-state index is 0.0111. The average molecular weight is 315 g/mol. The summed E-state index contributed by atoms with van der Waals surface area (Å²) in [6, 6.07) is 9.87. The van der Waals surface area contributed by atoms with E-state index in [0.717, 1.165) is 56.5 Å². The number of nitrogens with zero attached hydrogens (tertiary/aromatic N) is 1. The Hall–Kier alpha value is -1.85. The van der Waals surface area contributed by atoms with Gasteiger partial charge in [-0.25, -0.2) is 0 Å². The quantitative estimate of drug-likeness (QED) is 0.860. The SMILES string of the molecule is COCCN1CCC(CNC(=O)c2cc3ccccc3[nH]2)CC1. The number of carbonyl (C=O) groups is 1. The summed E-state index contributed by atoms with van der Waals surface area (Å²) in [4.78, 5) is 17.9. The number of aromatic nitrogens is 1. The number of nitrogens with one attached hydrogen (secondary N) is 2. The van der Waals surface area contributed by atoms with Gasteiger partial charge in [0.25, 0.3) is 5.91 Å². The standard InChI is InChI=1S/C18H25N3O2/c1-23-11-10-21-8-6-14(7-9-21)13-19-18(22)17-12-15-4-2-3-5-16(15)20-17/h2-5,12,14,20H,6-11,13H2,1H3,(H,19,22). The molecule has 3 rings (SSSR count). The van der Waals surface area contributed by atoms with Gasteiger partial charge in [-0.2, -0.15) is 0 Å². The Bertz CT molecular complexity index is 612. The van der Waals surface area contributed by atoms with Crippen LogP contribution < -0.4 is 5.32 Å². The summed E-state index contributed by atoms with van der Waals surface area (Å²) < 4.78 is 5.12. The number of H-pyrrole nitrogens is 1.